The average Bonchev–Trinajstić information content (AvgIpc) is 1.64. The Balaban J connectivity index is 3.80. The first kappa shape index (κ1) is 8.81. The first-order valence-corrected chi connectivity index (χ1v) is 3.38. The Kier molecular flexibility index (Phi) is 3.68. The standard InChI is InChI=1S/C7H11ClO/c1-3-4-7(2,9)5-6-8/h9H,5-6H2,1-2H3. The van der Waals surface area contributed by atoms with Crippen molar-refractivity contribution in [2.24, 2.45) is 0 Å². The molecule has 0 aromatic rings. The van der Waals surface area contributed by atoms with E-state index in [9.17, 15) is 5.11 Å². The van der Waals surface area contributed by atoms with Crippen LogP contribution in [0.1, 0.15) is 20.3 Å². The summed E-state index contributed by atoms with van der Waals surface area (Å²) >= 11 is 5.39. The van der Waals surface area contributed by atoms with E-state index in [0.717, 1.165) is 0 Å². The number of halogens is 1. The predicted molar refractivity (Wildman–Crippen MR) is 39.4 cm³/mol. The molecule has 52 valence electrons. The summed E-state index contributed by atoms with van der Waals surface area (Å²) in [5.41, 5.74) is -0.892. The zero-order valence-corrected chi connectivity index (χ0v) is 6.50. The Morgan fingerprint density at radius 2 is 2.22 bits per heavy atom. The lowest BCUT2D eigenvalue weighted by molar-refractivity contribution is 0.119. The van der Waals surface area contributed by atoms with E-state index in [0.29, 0.717) is 12.3 Å². The third-order valence-corrected chi connectivity index (χ3v) is 1.16. The first-order valence-electron chi connectivity index (χ1n) is 2.84. The summed E-state index contributed by atoms with van der Waals surface area (Å²) in [6.07, 6.45) is 0.523. The van der Waals surface area contributed by atoms with Gasteiger partial charge in [-0.15, -0.1) is 17.5 Å². The first-order chi connectivity index (χ1) is 4.12. The van der Waals surface area contributed by atoms with Crippen LogP contribution in [-0.4, -0.2) is 16.6 Å². The Morgan fingerprint density at radius 3 is 2.56 bits per heavy atom. The zero-order valence-electron chi connectivity index (χ0n) is 5.74. The van der Waals surface area contributed by atoms with E-state index in [-0.39, 0.29) is 0 Å². The predicted octanol–water partition coefficient (Wildman–Crippen LogP) is 1.39. The fourth-order valence-corrected chi connectivity index (χ4v) is 0.884. The smallest absolute Gasteiger partial charge is 0.123 e. The molecule has 0 saturated heterocycles. The molecule has 0 spiro atoms. The molecule has 1 nitrogen and oxygen atoms in total. The van der Waals surface area contributed by atoms with Gasteiger partial charge in [-0.2, -0.15) is 0 Å². The van der Waals surface area contributed by atoms with Gasteiger partial charge in [0, 0.05) is 12.3 Å². The van der Waals surface area contributed by atoms with E-state index in [2.05, 4.69) is 11.8 Å². The SMILES string of the molecule is CC#CC(C)(O)CCCl. The van der Waals surface area contributed by atoms with Gasteiger partial charge >= 0.3 is 0 Å². The maximum atomic E-state index is 9.26. The minimum absolute atomic E-state index is 0.446. The van der Waals surface area contributed by atoms with Crippen LogP contribution in [0.5, 0.6) is 0 Å². The third-order valence-electron chi connectivity index (χ3n) is 0.976. The summed E-state index contributed by atoms with van der Waals surface area (Å²) in [7, 11) is 0. The van der Waals surface area contributed by atoms with Gasteiger partial charge < -0.3 is 5.11 Å². The second kappa shape index (κ2) is 3.76. The summed E-state index contributed by atoms with van der Waals surface area (Å²) in [4.78, 5) is 0. The molecule has 2 heteroatoms. The molecule has 0 aromatic heterocycles. The number of hydrogen-bond donors (Lipinski definition) is 1. The van der Waals surface area contributed by atoms with Crippen molar-refractivity contribution in [3.05, 3.63) is 0 Å². The molecular formula is C7H11ClO. The molecule has 0 aliphatic carbocycles. The topological polar surface area (TPSA) is 20.2 Å². The Hall–Kier alpha value is -0.190. The summed E-state index contributed by atoms with van der Waals surface area (Å²) in [6.45, 7) is 3.36. The van der Waals surface area contributed by atoms with Crippen molar-refractivity contribution in [1.82, 2.24) is 0 Å². The van der Waals surface area contributed by atoms with Gasteiger partial charge in [-0.1, -0.05) is 5.92 Å². The molecule has 0 fully saturated rings. The van der Waals surface area contributed by atoms with Crippen LogP contribution >= 0.6 is 11.6 Å². The number of rotatable bonds is 2. The van der Waals surface area contributed by atoms with Crippen molar-refractivity contribution in [1.29, 1.82) is 0 Å². The Bertz CT molecular complexity index is 130. The number of hydrogen-bond acceptors (Lipinski definition) is 1. The van der Waals surface area contributed by atoms with Crippen LogP contribution in [0.15, 0.2) is 0 Å². The van der Waals surface area contributed by atoms with E-state index in [1.807, 2.05) is 0 Å². The zero-order chi connectivity index (χ0) is 7.33. The van der Waals surface area contributed by atoms with Crippen LogP contribution in [0, 0.1) is 11.8 Å². The maximum absolute atomic E-state index is 9.26. The van der Waals surface area contributed by atoms with Crippen LogP contribution in [0.4, 0.5) is 0 Å². The van der Waals surface area contributed by atoms with Crippen LogP contribution in [0.3, 0.4) is 0 Å². The van der Waals surface area contributed by atoms with Crippen molar-refractivity contribution in [2.75, 3.05) is 5.88 Å². The molecule has 0 amide bonds. The lowest BCUT2D eigenvalue weighted by Crippen LogP contribution is -2.21. The van der Waals surface area contributed by atoms with Gasteiger partial charge in [0.25, 0.3) is 0 Å². The molecule has 1 atom stereocenters. The highest BCUT2D eigenvalue weighted by molar-refractivity contribution is 6.17. The minimum atomic E-state index is -0.892. The molecule has 9 heavy (non-hydrogen) atoms. The van der Waals surface area contributed by atoms with Gasteiger partial charge in [-0.05, 0) is 13.8 Å². The molecule has 0 rings (SSSR count). The van der Waals surface area contributed by atoms with Gasteiger partial charge in [0.05, 0.1) is 0 Å². The van der Waals surface area contributed by atoms with Gasteiger partial charge in [0.1, 0.15) is 5.60 Å². The molecule has 0 aliphatic rings. The normalized spacial score (nSPS) is 15.6. The van der Waals surface area contributed by atoms with E-state index >= 15 is 0 Å². The van der Waals surface area contributed by atoms with E-state index < -0.39 is 5.60 Å². The van der Waals surface area contributed by atoms with E-state index in [1.54, 1.807) is 13.8 Å². The van der Waals surface area contributed by atoms with Crippen LogP contribution < -0.4 is 0 Å². The molecule has 0 radical (unpaired) electrons. The van der Waals surface area contributed by atoms with Crippen LogP contribution in [-0.2, 0) is 0 Å². The fourth-order valence-electron chi connectivity index (χ4n) is 0.516. The molecule has 0 saturated carbocycles. The summed E-state index contributed by atoms with van der Waals surface area (Å²) in [5, 5.41) is 9.26. The quantitative estimate of drug-likeness (QED) is 0.461. The maximum Gasteiger partial charge on any atom is 0.123 e. The number of aliphatic hydroxyl groups is 1. The Morgan fingerprint density at radius 1 is 1.67 bits per heavy atom. The summed E-state index contributed by atoms with van der Waals surface area (Å²) in [6, 6.07) is 0. The van der Waals surface area contributed by atoms with Gasteiger partial charge in [0.2, 0.25) is 0 Å². The molecule has 0 heterocycles. The van der Waals surface area contributed by atoms with Gasteiger partial charge in [-0.25, -0.2) is 0 Å². The second-order valence-corrected chi connectivity index (χ2v) is 2.47. The molecule has 1 unspecified atom stereocenters. The van der Waals surface area contributed by atoms with Gasteiger partial charge in [0.15, 0.2) is 0 Å². The second-order valence-electron chi connectivity index (χ2n) is 2.09. The van der Waals surface area contributed by atoms with Crippen LogP contribution in [0.2, 0.25) is 0 Å². The van der Waals surface area contributed by atoms with Crippen LogP contribution in [0.25, 0.3) is 0 Å². The monoisotopic (exact) mass is 146 g/mol. The van der Waals surface area contributed by atoms with Crippen molar-refractivity contribution in [2.45, 2.75) is 25.9 Å². The van der Waals surface area contributed by atoms with E-state index in [4.69, 9.17) is 11.6 Å². The van der Waals surface area contributed by atoms with Crippen molar-refractivity contribution in [3.8, 4) is 11.8 Å². The minimum Gasteiger partial charge on any atom is -0.378 e. The third kappa shape index (κ3) is 4.32. The average molecular weight is 147 g/mol. The summed E-state index contributed by atoms with van der Waals surface area (Å²) in [5.74, 6) is 5.72. The highest BCUT2D eigenvalue weighted by atomic mass is 35.5. The summed E-state index contributed by atoms with van der Waals surface area (Å²) < 4.78 is 0. The van der Waals surface area contributed by atoms with E-state index in [1.165, 1.54) is 0 Å². The Labute approximate surface area is 61.0 Å². The lowest BCUT2D eigenvalue weighted by atomic mass is 10.1. The highest BCUT2D eigenvalue weighted by Gasteiger charge is 2.14. The molecule has 0 aromatic carbocycles. The molecular weight excluding hydrogens is 136 g/mol. The highest BCUT2D eigenvalue weighted by Crippen LogP contribution is 2.07. The van der Waals surface area contributed by atoms with Crippen molar-refractivity contribution >= 4 is 11.6 Å². The molecule has 1 N–H and O–H groups in total. The van der Waals surface area contributed by atoms with Crippen molar-refractivity contribution < 1.29 is 5.11 Å². The van der Waals surface area contributed by atoms with Crippen molar-refractivity contribution in [3.63, 3.8) is 0 Å². The van der Waals surface area contributed by atoms with Gasteiger partial charge in [-0.3, -0.25) is 0 Å². The molecule has 0 aliphatic heterocycles. The number of alkyl halides is 1. The lowest BCUT2D eigenvalue weighted by Gasteiger charge is -2.12. The fraction of sp³-hybridized carbons (Fsp3) is 0.714. The largest absolute Gasteiger partial charge is 0.378 e. The molecule has 0 bridgehead atoms.